The van der Waals surface area contributed by atoms with Gasteiger partial charge in [-0.15, -0.1) is 11.3 Å². The lowest BCUT2D eigenvalue weighted by molar-refractivity contribution is 0.1000. The molecule has 2 unspecified atom stereocenters. The van der Waals surface area contributed by atoms with E-state index in [2.05, 4.69) is 21.0 Å². The summed E-state index contributed by atoms with van der Waals surface area (Å²) in [6, 6.07) is 3.83. The lowest BCUT2D eigenvalue weighted by atomic mass is 10.1. The Labute approximate surface area is 123 Å². The van der Waals surface area contributed by atoms with Gasteiger partial charge in [-0.2, -0.15) is 5.10 Å². The molecule has 0 fully saturated rings. The topological polar surface area (TPSA) is 86.9 Å². The van der Waals surface area contributed by atoms with Crippen molar-refractivity contribution in [1.29, 1.82) is 0 Å². The van der Waals surface area contributed by atoms with Crippen molar-refractivity contribution in [2.45, 2.75) is 25.4 Å². The minimum atomic E-state index is -0.484. The number of thiophene rings is 1. The summed E-state index contributed by atoms with van der Waals surface area (Å²) < 4.78 is 2.75. The van der Waals surface area contributed by atoms with E-state index in [0.717, 1.165) is 15.1 Å². The highest BCUT2D eigenvalue weighted by Gasteiger charge is 2.23. The van der Waals surface area contributed by atoms with Gasteiger partial charge in [0.15, 0.2) is 0 Å². The van der Waals surface area contributed by atoms with Gasteiger partial charge in [-0.05, 0) is 34.5 Å². The second-order valence-corrected chi connectivity index (χ2v) is 6.73. The van der Waals surface area contributed by atoms with Crippen LogP contribution in [0.5, 0.6) is 0 Å². The summed E-state index contributed by atoms with van der Waals surface area (Å²) in [7, 11) is 0. The number of hydrogen-bond donors (Lipinski definition) is 2. The van der Waals surface area contributed by atoms with Crippen molar-refractivity contribution in [2.24, 2.45) is 11.5 Å². The highest BCUT2D eigenvalue weighted by Crippen LogP contribution is 2.31. The molecule has 2 aromatic heterocycles. The van der Waals surface area contributed by atoms with Crippen LogP contribution in [0.1, 0.15) is 34.6 Å². The van der Waals surface area contributed by atoms with E-state index in [-0.39, 0.29) is 12.1 Å². The number of primary amides is 1. The lowest BCUT2D eigenvalue weighted by Gasteiger charge is -2.22. The first kappa shape index (κ1) is 14.2. The highest BCUT2D eigenvalue weighted by molar-refractivity contribution is 9.11. The van der Waals surface area contributed by atoms with Crippen molar-refractivity contribution < 1.29 is 4.79 Å². The van der Waals surface area contributed by atoms with Gasteiger partial charge in [0.25, 0.3) is 5.91 Å². The van der Waals surface area contributed by atoms with Gasteiger partial charge in [0.2, 0.25) is 0 Å². The Morgan fingerprint density at radius 3 is 2.79 bits per heavy atom. The zero-order valence-electron chi connectivity index (χ0n) is 10.4. The summed E-state index contributed by atoms with van der Waals surface area (Å²) in [6.45, 7) is 2.03. The van der Waals surface area contributed by atoms with Crippen LogP contribution in [0.3, 0.4) is 0 Å². The van der Waals surface area contributed by atoms with Gasteiger partial charge in [0, 0.05) is 17.1 Å². The Bertz CT molecular complexity index is 580. The summed E-state index contributed by atoms with van der Waals surface area (Å²) in [4.78, 5) is 12.2. The third-order valence-corrected chi connectivity index (χ3v) is 4.63. The number of hydrogen-bond acceptors (Lipinski definition) is 4. The van der Waals surface area contributed by atoms with E-state index in [1.165, 1.54) is 6.20 Å². The van der Waals surface area contributed by atoms with Crippen LogP contribution in [0, 0.1) is 0 Å². The fourth-order valence-corrected chi connectivity index (χ4v) is 3.46. The first-order chi connectivity index (χ1) is 9.02. The quantitative estimate of drug-likeness (QED) is 0.872. The normalized spacial score (nSPS) is 14.3. The average Bonchev–Trinajstić information content (AvgIpc) is 2.99. The Balaban J connectivity index is 2.39. The molecule has 0 aliphatic carbocycles. The largest absolute Gasteiger partial charge is 0.366 e. The monoisotopic (exact) mass is 342 g/mol. The highest BCUT2D eigenvalue weighted by atomic mass is 79.9. The predicted molar refractivity (Wildman–Crippen MR) is 79.2 cm³/mol. The van der Waals surface area contributed by atoms with Crippen LogP contribution < -0.4 is 11.5 Å². The maximum absolute atomic E-state index is 11.1. The number of nitrogens with zero attached hydrogens (tertiary/aromatic N) is 2. The Kier molecular flexibility index (Phi) is 4.38. The summed E-state index contributed by atoms with van der Waals surface area (Å²) in [5.41, 5.74) is 11.8. The van der Waals surface area contributed by atoms with Crippen LogP contribution in [0.2, 0.25) is 0 Å². The molecule has 2 heterocycles. The Morgan fingerprint density at radius 2 is 2.32 bits per heavy atom. The molecule has 0 aromatic carbocycles. The van der Waals surface area contributed by atoms with Crippen LogP contribution in [0.4, 0.5) is 0 Å². The minimum absolute atomic E-state index is 0.0776. The molecule has 19 heavy (non-hydrogen) atoms. The van der Waals surface area contributed by atoms with Gasteiger partial charge < -0.3 is 11.5 Å². The number of carbonyl (C=O) groups is 1. The van der Waals surface area contributed by atoms with Crippen molar-refractivity contribution >= 4 is 33.2 Å². The van der Waals surface area contributed by atoms with E-state index < -0.39 is 5.91 Å². The number of rotatable bonds is 5. The molecular formula is C12H15BrN4OS. The third-order valence-electron chi connectivity index (χ3n) is 2.93. The van der Waals surface area contributed by atoms with Crippen molar-refractivity contribution in [1.82, 2.24) is 9.78 Å². The van der Waals surface area contributed by atoms with Crippen LogP contribution in [-0.2, 0) is 0 Å². The second kappa shape index (κ2) is 5.85. The summed E-state index contributed by atoms with van der Waals surface area (Å²) in [5, 5.41) is 4.22. The molecule has 4 N–H and O–H groups in total. The number of carbonyl (C=O) groups excluding carboxylic acids is 1. The van der Waals surface area contributed by atoms with E-state index in [0.29, 0.717) is 5.56 Å². The molecule has 0 aliphatic rings. The third kappa shape index (κ3) is 3.05. The first-order valence-electron chi connectivity index (χ1n) is 5.87. The van der Waals surface area contributed by atoms with Crippen LogP contribution in [0.15, 0.2) is 28.3 Å². The maximum Gasteiger partial charge on any atom is 0.251 e. The molecule has 0 saturated heterocycles. The second-order valence-electron chi connectivity index (χ2n) is 4.23. The summed E-state index contributed by atoms with van der Waals surface area (Å²) >= 11 is 5.06. The fraction of sp³-hybridized carbons (Fsp3) is 0.333. The molecule has 2 atom stereocenters. The number of aromatic nitrogens is 2. The zero-order chi connectivity index (χ0) is 14.0. The van der Waals surface area contributed by atoms with Gasteiger partial charge in [-0.1, -0.05) is 6.92 Å². The van der Waals surface area contributed by atoms with Crippen LogP contribution in [0.25, 0.3) is 0 Å². The molecule has 7 heteroatoms. The van der Waals surface area contributed by atoms with Gasteiger partial charge >= 0.3 is 0 Å². The zero-order valence-corrected chi connectivity index (χ0v) is 12.8. The molecule has 102 valence electrons. The molecule has 1 amide bonds. The molecule has 0 bridgehead atoms. The van der Waals surface area contributed by atoms with Gasteiger partial charge in [-0.25, -0.2) is 0 Å². The van der Waals surface area contributed by atoms with Crippen molar-refractivity contribution in [3.05, 3.63) is 38.8 Å². The molecule has 0 saturated carbocycles. The summed E-state index contributed by atoms with van der Waals surface area (Å²) in [5.74, 6) is -0.484. The lowest BCUT2D eigenvalue weighted by Crippen LogP contribution is -2.32. The van der Waals surface area contributed by atoms with E-state index >= 15 is 0 Å². The molecular weight excluding hydrogens is 328 g/mol. The number of nitrogens with two attached hydrogens (primary N) is 2. The number of halogens is 1. The molecule has 0 spiro atoms. The van der Waals surface area contributed by atoms with E-state index in [9.17, 15) is 4.79 Å². The van der Waals surface area contributed by atoms with Gasteiger partial charge in [0.1, 0.15) is 6.04 Å². The van der Waals surface area contributed by atoms with Crippen LogP contribution in [-0.4, -0.2) is 21.7 Å². The SMILES string of the molecule is CCC(N)C(c1ccc(Br)s1)n1cc(C(N)=O)cn1. The van der Waals surface area contributed by atoms with E-state index in [1.807, 2.05) is 19.1 Å². The maximum atomic E-state index is 11.1. The van der Waals surface area contributed by atoms with Crippen molar-refractivity contribution in [2.75, 3.05) is 0 Å². The molecule has 0 radical (unpaired) electrons. The van der Waals surface area contributed by atoms with Crippen molar-refractivity contribution in [3.8, 4) is 0 Å². The average molecular weight is 343 g/mol. The smallest absolute Gasteiger partial charge is 0.251 e. The number of amides is 1. The first-order valence-corrected chi connectivity index (χ1v) is 7.48. The predicted octanol–water partition coefficient (Wildman–Crippen LogP) is 2.13. The van der Waals surface area contributed by atoms with Crippen molar-refractivity contribution in [3.63, 3.8) is 0 Å². The van der Waals surface area contributed by atoms with Gasteiger partial charge in [-0.3, -0.25) is 9.48 Å². The Hall–Kier alpha value is -1.18. The standard InChI is InChI=1S/C12H15BrN4OS/c1-2-8(14)11(9-3-4-10(13)19-9)17-6-7(5-16-17)12(15)18/h3-6,8,11H,2,14H2,1H3,(H2,15,18). The summed E-state index contributed by atoms with van der Waals surface area (Å²) in [6.07, 6.45) is 3.93. The van der Waals surface area contributed by atoms with Crippen LogP contribution >= 0.6 is 27.3 Å². The molecule has 5 nitrogen and oxygen atoms in total. The van der Waals surface area contributed by atoms with E-state index in [4.69, 9.17) is 11.5 Å². The molecule has 2 rings (SSSR count). The molecule has 0 aliphatic heterocycles. The Morgan fingerprint density at radius 1 is 1.58 bits per heavy atom. The minimum Gasteiger partial charge on any atom is -0.366 e. The van der Waals surface area contributed by atoms with E-state index in [1.54, 1.807) is 22.2 Å². The van der Waals surface area contributed by atoms with Gasteiger partial charge in [0.05, 0.1) is 15.5 Å². The molecule has 2 aromatic rings. The fourth-order valence-electron chi connectivity index (χ4n) is 1.87.